The van der Waals surface area contributed by atoms with Crippen LogP contribution in [0.3, 0.4) is 0 Å². The average Bonchev–Trinajstić information content (AvgIpc) is 2.63. The third kappa shape index (κ3) is 3.61. The molecule has 1 aromatic carbocycles. The molecule has 5 heteroatoms. The lowest BCUT2D eigenvalue weighted by Gasteiger charge is -2.34. The summed E-state index contributed by atoms with van der Waals surface area (Å²) in [6, 6.07) is 13.4. The van der Waals surface area contributed by atoms with Crippen LogP contribution in [0.4, 0.5) is 5.69 Å². The molecular weight excluding hydrogens is 300 g/mol. The van der Waals surface area contributed by atoms with Crippen molar-refractivity contribution in [3.8, 4) is 6.07 Å². The molecule has 3 rings (SSSR count). The summed E-state index contributed by atoms with van der Waals surface area (Å²) in [5.41, 5.74) is 3.67. The van der Waals surface area contributed by atoms with E-state index >= 15 is 0 Å². The number of aromatic nitrogens is 1. The molecule has 0 N–H and O–H groups in total. The van der Waals surface area contributed by atoms with E-state index in [1.165, 1.54) is 5.56 Å². The summed E-state index contributed by atoms with van der Waals surface area (Å²) in [7, 11) is 0. The fourth-order valence-corrected chi connectivity index (χ4v) is 2.83. The zero-order valence-electron chi connectivity index (χ0n) is 13.8. The summed E-state index contributed by atoms with van der Waals surface area (Å²) >= 11 is 0. The number of pyridine rings is 1. The highest BCUT2D eigenvalue weighted by atomic mass is 16.2. The topological polar surface area (TPSA) is 60.2 Å². The molecule has 1 aliphatic rings. The van der Waals surface area contributed by atoms with Crippen LogP contribution in [0.1, 0.15) is 23.7 Å². The molecule has 0 saturated carbocycles. The number of carbonyl (C=O) groups is 1. The molecule has 1 fully saturated rings. The number of aryl methyl sites for hydroxylation is 1. The monoisotopic (exact) mass is 320 g/mol. The van der Waals surface area contributed by atoms with Gasteiger partial charge >= 0.3 is 0 Å². The first kappa shape index (κ1) is 16.2. The van der Waals surface area contributed by atoms with E-state index in [2.05, 4.69) is 28.9 Å². The maximum absolute atomic E-state index is 12.4. The normalized spacial score (nSPS) is 15.3. The van der Waals surface area contributed by atoms with Crippen molar-refractivity contribution in [3.63, 3.8) is 0 Å². The Kier molecular flexibility index (Phi) is 4.88. The van der Waals surface area contributed by atoms with Gasteiger partial charge in [-0.2, -0.15) is 5.26 Å². The molecule has 0 aliphatic carbocycles. The van der Waals surface area contributed by atoms with Crippen molar-refractivity contribution in [2.24, 2.45) is 0 Å². The minimum atomic E-state index is 0.0798. The second kappa shape index (κ2) is 7.24. The average molecular weight is 320 g/mol. The summed E-state index contributed by atoms with van der Waals surface area (Å²) in [4.78, 5) is 20.8. The van der Waals surface area contributed by atoms with Gasteiger partial charge in [0.1, 0.15) is 0 Å². The van der Waals surface area contributed by atoms with Gasteiger partial charge in [-0.05, 0) is 42.3 Å². The third-order valence-corrected chi connectivity index (χ3v) is 4.29. The molecule has 1 saturated heterocycles. The maximum Gasteiger partial charge on any atom is 0.241 e. The SMILES string of the molecule is CCc1ccc(CN2CCN(c3ccc(C#N)cc3)C(=O)C2)nc1. The van der Waals surface area contributed by atoms with E-state index in [1.54, 1.807) is 17.0 Å². The van der Waals surface area contributed by atoms with Crippen LogP contribution in [0.5, 0.6) is 0 Å². The Morgan fingerprint density at radius 2 is 1.96 bits per heavy atom. The molecule has 1 amide bonds. The van der Waals surface area contributed by atoms with Gasteiger partial charge in [0.15, 0.2) is 0 Å². The Hall–Kier alpha value is -2.71. The van der Waals surface area contributed by atoms with Gasteiger partial charge in [-0.1, -0.05) is 13.0 Å². The predicted octanol–water partition coefficient (Wildman–Crippen LogP) is 2.36. The van der Waals surface area contributed by atoms with Crippen molar-refractivity contribution >= 4 is 11.6 Å². The number of amides is 1. The van der Waals surface area contributed by atoms with Crippen LogP contribution in [-0.4, -0.2) is 35.4 Å². The number of anilines is 1. The highest BCUT2D eigenvalue weighted by molar-refractivity contribution is 5.95. The smallest absolute Gasteiger partial charge is 0.241 e. The van der Waals surface area contributed by atoms with Crippen molar-refractivity contribution in [2.45, 2.75) is 19.9 Å². The molecule has 0 bridgehead atoms. The van der Waals surface area contributed by atoms with Gasteiger partial charge in [-0.3, -0.25) is 14.7 Å². The number of carbonyl (C=O) groups excluding carboxylic acids is 1. The maximum atomic E-state index is 12.4. The Bertz CT molecular complexity index is 746. The lowest BCUT2D eigenvalue weighted by molar-refractivity contribution is -0.121. The first-order valence-corrected chi connectivity index (χ1v) is 8.16. The molecule has 1 aromatic heterocycles. The first-order chi connectivity index (χ1) is 11.7. The Labute approximate surface area is 142 Å². The van der Waals surface area contributed by atoms with E-state index in [0.29, 0.717) is 25.2 Å². The first-order valence-electron chi connectivity index (χ1n) is 8.16. The molecular formula is C19H20N4O. The number of benzene rings is 1. The fourth-order valence-electron chi connectivity index (χ4n) is 2.83. The number of piperazine rings is 1. The Balaban J connectivity index is 1.62. The number of rotatable bonds is 4. The second-order valence-electron chi connectivity index (χ2n) is 5.93. The van der Waals surface area contributed by atoms with E-state index in [1.807, 2.05) is 24.4 Å². The van der Waals surface area contributed by atoms with Crippen molar-refractivity contribution in [3.05, 3.63) is 59.4 Å². The highest BCUT2D eigenvalue weighted by Crippen LogP contribution is 2.18. The van der Waals surface area contributed by atoms with Crippen LogP contribution in [0, 0.1) is 11.3 Å². The van der Waals surface area contributed by atoms with E-state index < -0.39 is 0 Å². The molecule has 0 radical (unpaired) electrons. The molecule has 24 heavy (non-hydrogen) atoms. The number of hydrogen-bond acceptors (Lipinski definition) is 4. The molecule has 1 aliphatic heterocycles. The summed E-state index contributed by atoms with van der Waals surface area (Å²) in [6.07, 6.45) is 2.89. The van der Waals surface area contributed by atoms with Crippen LogP contribution < -0.4 is 4.90 Å². The Morgan fingerprint density at radius 1 is 1.17 bits per heavy atom. The van der Waals surface area contributed by atoms with Crippen molar-refractivity contribution in [2.75, 3.05) is 24.5 Å². The Morgan fingerprint density at radius 3 is 2.54 bits per heavy atom. The lowest BCUT2D eigenvalue weighted by atomic mass is 10.2. The lowest BCUT2D eigenvalue weighted by Crippen LogP contribution is -2.50. The minimum absolute atomic E-state index is 0.0798. The summed E-state index contributed by atoms with van der Waals surface area (Å²) in [5, 5.41) is 8.86. The van der Waals surface area contributed by atoms with Gasteiger partial charge in [-0.25, -0.2) is 0 Å². The van der Waals surface area contributed by atoms with Crippen molar-refractivity contribution in [1.29, 1.82) is 5.26 Å². The summed E-state index contributed by atoms with van der Waals surface area (Å²) in [6.45, 7) is 4.65. The standard InChI is InChI=1S/C19H20N4O/c1-2-15-3-6-17(21-12-15)13-22-9-10-23(19(24)14-22)18-7-4-16(11-20)5-8-18/h3-8,12H,2,9-10,13-14H2,1H3. The van der Waals surface area contributed by atoms with Crippen LogP contribution in [0.15, 0.2) is 42.6 Å². The second-order valence-corrected chi connectivity index (χ2v) is 5.93. The van der Waals surface area contributed by atoms with Crippen molar-refractivity contribution < 1.29 is 4.79 Å². The van der Waals surface area contributed by atoms with Crippen LogP contribution in [0.2, 0.25) is 0 Å². The molecule has 0 unspecified atom stereocenters. The van der Waals surface area contributed by atoms with E-state index in [9.17, 15) is 4.79 Å². The van der Waals surface area contributed by atoms with Crippen LogP contribution in [0.25, 0.3) is 0 Å². The zero-order chi connectivity index (χ0) is 16.9. The van der Waals surface area contributed by atoms with E-state index in [-0.39, 0.29) is 5.91 Å². The van der Waals surface area contributed by atoms with Gasteiger partial charge in [-0.15, -0.1) is 0 Å². The molecule has 122 valence electrons. The predicted molar refractivity (Wildman–Crippen MR) is 92.4 cm³/mol. The number of nitrogens with zero attached hydrogens (tertiary/aromatic N) is 4. The largest absolute Gasteiger partial charge is 0.310 e. The van der Waals surface area contributed by atoms with Gasteiger partial charge in [0.25, 0.3) is 0 Å². The summed E-state index contributed by atoms with van der Waals surface area (Å²) < 4.78 is 0. The van der Waals surface area contributed by atoms with Gasteiger partial charge in [0, 0.05) is 31.5 Å². The van der Waals surface area contributed by atoms with Crippen LogP contribution >= 0.6 is 0 Å². The van der Waals surface area contributed by atoms with Gasteiger partial charge in [0.05, 0.1) is 23.9 Å². The molecule has 2 heterocycles. The zero-order valence-corrected chi connectivity index (χ0v) is 13.8. The van der Waals surface area contributed by atoms with Crippen molar-refractivity contribution in [1.82, 2.24) is 9.88 Å². The highest BCUT2D eigenvalue weighted by Gasteiger charge is 2.25. The summed E-state index contributed by atoms with van der Waals surface area (Å²) in [5.74, 6) is 0.0798. The van der Waals surface area contributed by atoms with Gasteiger partial charge < -0.3 is 4.90 Å². The fraction of sp³-hybridized carbons (Fsp3) is 0.316. The third-order valence-electron chi connectivity index (χ3n) is 4.29. The molecule has 2 aromatic rings. The van der Waals surface area contributed by atoms with E-state index in [0.717, 1.165) is 24.3 Å². The molecule has 0 spiro atoms. The quantitative estimate of drug-likeness (QED) is 0.868. The number of hydrogen-bond donors (Lipinski definition) is 0. The van der Waals surface area contributed by atoms with Crippen LogP contribution in [-0.2, 0) is 17.8 Å². The molecule has 5 nitrogen and oxygen atoms in total. The van der Waals surface area contributed by atoms with Gasteiger partial charge in [0.2, 0.25) is 5.91 Å². The number of nitriles is 1. The minimum Gasteiger partial charge on any atom is -0.310 e. The molecule has 0 atom stereocenters. The van der Waals surface area contributed by atoms with E-state index in [4.69, 9.17) is 5.26 Å².